The third-order valence-electron chi connectivity index (χ3n) is 4.51. The standard InChI is InChI=1S/C15H27O9P/c1-2-10(9-6-4-3-5-7-9)12(17)14(19)15(20)13(18)11(16)8-24-25(21,22)23/h2,9-11,13-16,18-20H,1,3-8H2,(H2,21,22,23)/t10?,11-,13-,14-,15+/m1/s1. The van der Waals surface area contributed by atoms with E-state index in [0.717, 1.165) is 32.1 Å². The lowest BCUT2D eigenvalue weighted by Gasteiger charge is -2.31. The summed E-state index contributed by atoms with van der Waals surface area (Å²) in [7, 11) is -4.87. The van der Waals surface area contributed by atoms with E-state index in [1.165, 1.54) is 6.08 Å². The van der Waals surface area contributed by atoms with Crippen molar-refractivity contribution < 1.29 is 44.1 Å². The summed E-state index contributed by atoms with van der Waals surface area (Å²) in [5, 5.41) is 39.4. The summed E-state index contributed by atoms with van der Waals surface area (Å²) in [5.74, 6) is -1.39. The van der Waals surface area contributed by atoms with Crippen molar-refractivity contribution in [2.45, 2.75) is 56.5 Å². The Balaban J connectivity index is 2.68. The molecule has 5 atom stereocenters. The van der Waals surface area contributed by atoms with E-state index < -0.39 is 50.5 Å². The predicted octanol–water partition coefficient (Wildman–Crippen LogP) is -0.509. The average molecular weight is 382 g/mol. The fourth-order valence-electron chi connectivity index (χ4n) is 3.09. The van der Waals surface area contributed by atoms with E-state index in [1.54, 1.807) is 0 Å². The molecule has 1 rings (SSSR count). The number of allylic oxidation sites excluding steroid dienone is 1. The fraction of sp³-hybridized carbons (Fsp3) is 0.800. The Hall–Kier alpha value is -0.640. The number of Topliss-reactive ketones (excluding diaryl/α,β-unsaturated/α-hetero) is 1. The fourth-order valence-corrected chi connectivity index (χ4v) is 3.43. The highest BCUT2D eigenvalue weighted by Gasteiger charge is 2.39. The quantitative estimate of drug-likeness (QED) is 0.216. The second-order valence-corrected chi connectivity index (χ2v) is 7.58. The molecule has 10 heteroatoms. The summed E-state index contributed by atoms with van der Waals surface area (Å²) < 4.78 is 14.6. The van der Waals surface area contributed by atoms with Gasteiger partial charge in [-0.15, -0.1) is 6.58 Å². The van der Waals surface area contributed by atoms with Crippen LogP contribution in [0.3, 0.4) is 0 Å². The summed E-state index contributed by atoms with van der Waals surface area (Å²) in [6, 6.07) is 0. The van der Waals surface area contributed by atoms with E-state index in [0.29, 0.717) is 0 Å². The number of phosphoric ester groups is 1. The van der Waals surface area contributed by atoms with Crippen molar-refractivity contribution in [1.82, 2.24) is 0 Å². The first-order valence-corrected chi connectivity index (χ1v) is 9.70. The smallest absolute Gasteiger partial charge is 0.388 e. The molecule has 0 aromatic rings. The third kappa shape index (κ3) is 6.88. The van der Waals surface area contributed by atoms with Gasteiger partial charge in [0.25, 0.3) is 0 Å². The Bertz CT molecular complexity index is 485. The zero-order chi connectivity index (χ0) is 19.2. The van der Waals surface area contributed by atoms with Gasteiger partial charge in [-0.05, 0) is 18.8 Å². The van der Waals surface area contributed by atoms with Crippen molar-refractivity contribution in [3.63, 3.8) is 0 Å². The molecule has 1 aliphatic rings. The summed E-state index contributed by atoms with van der Waals surface area (Å²) in [6.07, 6.45) is -1.93. The van der Waals surface area contributed by atoms with Gasteiger partial charge in [-0.25, -0.2) is 4.57 Å². The number of rotatable bonds is 10. The van der Waals surface area contributed by atoms with Crippen LogP contribution in [0.25, 0.3) is 0 Å². The topological polar surface area (TPSA) is 165 Å². The van der Waals surface area contributed by atoms with Crippen molar-refractivity contribution in [2.75, 3.05) is 6.61 Å². The molecule has 6 N–H and O–H groups in total. The SMILES string of the molecule is C=CC(C(=O)[C@@H](O)[C@@H](O)[C@H](O)[C@H](O)COP(=O)(O)O)C1CCCCC1. The van der Waals surface area contributed by atoms with E-state index >= 15 is 0 Å². The highest BCUT2D eigenvalue weighted by molar-refractivity contribution is 7.46. The predicted molar refractivity (Wildman–Crippen MR) is 87.3 cm³/mol. The molecule has 9 nitrogen and oxygen atoms in total. The van der Waals surface area contributed by atoms with Crippen LogP contribution in [0.1, 0.15) is 32.1 Å². The number of ketones is 1. The zero-order valence-corrected chi connectivity index (χ0v) is 14.7. The van der Waals surface area contributed by atoms with Gasteiger partial charge in [-0.1, -0.05) is 25.3 Å². The molecule has 0 radical (unpaired) electrons. The van der Waals surface area contributed by atoms with Crippen LogP contribution in [0, 0.1) is 11.8 Å². The molecule has 0 saturated heterocycles. The lowest BCUT2D eigenvalue weighted by atomic mass is 9.76. The van der Waals surface area contributed by atoms with Gasteiger partial charge < -0.3 is 30.2 Å². The zero-order valence-electron chi connectivity index (χ0n) is 13.8. The van der Waals surface area contributed by atoms with Crippen LogP contribution >= 0.6 is 7.82 Å². The third-order valence-corrected chi connectivity index (χ3v) is 5.00. The van der Waals surface area contributed by atoms with Crippen molar-refractivity contribution in [3.8, 4) is 0 Å². The number of hydrogen-bond donors (Lipinski definition) is 6. The molecule has 0 bridgehead atoms. The normalized spacial score (nSPS) is 22.6. The van der Waals surface area contributed by atoms with E-state index in [9.17, 15) is 29.8 Å². The summed E-state index contributed by atoms with van der Waals surface area (Å²) >= 11 is 0. The molecule has 0 aromatic carbocycles. The second-order valence-electron chi connectivity index (χ2n) is 6.34. The van der Waals surface area contributed by atoms with Gasteiger partial charge in [0.1, 0.15) is 24.4 Å². The van der Waals surface area contributed by atoms with Crippen LogP contribution in [-0.4, -0.2) is 67.0 Å². The number of carbonyl (C=O) groups is 1. The number of aliphatic hydroxyl groups excluding tert-OH is 4. The molecule has 146 valence electrons. The minimum Gasteiger partial charge on any atom is -0.388 e. The molecule has 1 aliphatic carbocycles. The van der Waals surface area contributed by atoms with E-state index in [-0.39, 0.29) is 5.92 Å². The molecule has 0 aromatic heterocycles. The molecule has 0 amide bonds. The van der Waals surface area contributed by atoms with Crippen molar-refractivity contribution >= 4 is 13.6 Å². The van der Waals surface area contributed by atoms with Crippen LogP contribution in [0.5, 0.6) is 0 Å². The number of hydrogen-bond acceptors (Lipinski definition) is 7. The first-order valence-electron chi connectivity index (χ1n) is 8.17. The summed E-state index contributed by atoms with van der Waals surface area (Å²) in [4.78, 5) is 29.5. The molecular weight excluding hydrogens is 355 g/mol. The Kier molecular flexibility index (Phi) is 8.86. The first kappa shape index (κ1) is 22.4. The van der Waals surface area contributed by atoms with E-state index in [4.69, 9.17) is 9.79 Å². The highest BCUT2D eigenvalue weighted by atomic mass is 31.2. The lowest BCUT2D eigenvalue weighted by Crippen LogP contribution is -2.50. The van der Waals surface area contributed by atoms with E-state index in [2.05, 4.69) is 11.1 Å². The highest BCUT2D eigenvalue weighted by Crippen LogP contribution is 2.36. The van der Waals surface area contributed by atoms with Gasteiger partial charge in [0.2, 0.25) is 0 Å². The molecule has 1 saturated carbocycles. The van der Waals surface area contributed by atoms with Gasteiger partial charge in [0, 0.05) is 5.92 Å². The molecule has 1 fully saturated rings. The number of aliphatic hydroxyl groups is 4. The van der Waals surface area contributed by atoms with Gasteiger partial charge in [0.05, 0.1) is 6.61 Å². The Morgan fingerprint density at radius 3 is 2.16 bits per heavy atom. The monoisotopic (exact) mass is 382 g/mol. The maximum Gasteiger partial charge on any atom is 0.469 e. The Morgan fingerprint density at radius 1 is 1.12 bits per heavy atom. The first-order chi connectivity index (χ1) is 11.6. The Labute approximate surface area is 146 Å². The molecule has 0 spiro atoms. The van der Waals surface area contributed by atoms with Crippen molar-refractivity contribution in [3.05, 3.63) is 12.7 Å². The van der Waals surface area contributed by atoms with Gasteiger partial charge >= 0.3 is 7.82 Å². The van der Waals surface area contributed by atoms with Crippen LogP contribution in [0.4, 0.5) is 0 Å². The van der Waals surface area contributed by atoms with Crippen LogP contribution < -0.4 is 0 Å². The molecular formula is C15H27O9P. The minimum absolute atomic E-state index is 0.000608. The Morgan fingerprint density at radius 2 is 1.68 bits per heavy atom. The molecule has 0 heterocycles. The maximum atomic E-state index is 12.4. The average Bonchev–Trinajstić information content (AvgIpc) is 2.58. The summed E-state index contributed by atoms with van der Waals surface area (Å²) in [5.41, 5.74) is 0. The van der Waals surface area contributed by atoms with Crippen molar-refractivity contribution in [2.24, 2.45) is 11.8 Å². The molecule has 25 heavy (non-hydrogen) atoms. The number of phosphoric acid groups is 1. The van der Waals surface area contributed by atoms with Crippen molar-refractivity contribution in [1.29, 1.82) is 0 Å². The van der Waals surface area contributed by atoms with E-state index in [1.807, 2.05) is 0 Å². The lowest BCUT2D eigenvalue weighted by molar-refractivity contribution is -0.150. The van der Waals surface area contributed by atoms with Gasteiger partial charge in [-0.2, -0.15) is 0 Å². The maximum absolute atomic E-state index is 12.4. The minimum atomic E-state index is -4.87. The molecule has 0 aliphatic heterocycles. The molecule has 1 unspecified atom stereocenters. The van der Waals surface area contributed by atoms with Crippen LogP contribution in [0.2, 0.25) is 0 Å². The van der Waals surface area contributed by atoms with Gasteiger partial charge in [0.15, 0.2) is 5.78 Å². The van der Waals surface area contributed by atoms with Crippen LogP contribution in [0.15, 0.2) is 12.7 Å². The number of carbonyl (C=O) groups excluding carboxylic acids is 1. The largest absolute Gasteiger partial charge is 0.469 e. The van der Waals surface area contributed by atoms with Gasteiger partial charge in [-0.3, -0.25) is 9.32 Å². The second kappa shape index (κ2) is 9.89. The summed E-state index contributed by atoms with van der Waals surface area (Å²) in [6.45, 7) is 2.63. The van der Waals surface area contributed by atoms with Crippen LogP contribution in [-0.2, 0) is 13.9 Å².